The number of carbonyl (C=O) groups excluding carboxylic acids is 1. The van der Waals surface area contributed by atoms with E-state index in [1.165, 1.54) is 18.3 Å². The minimum Gasteiger partial charge on any atom is -0.507 e. The quantitative estimate of drug-likeness (QED) is 0.486. The van der Waals surface area contributed by atoms with E-state index in [9.17, 15) is 9.90 Å². The van der Waals surface area contributed by atoms with E-state index in [2.05, 4.69) is 10.5 Å². The monoisotopic (exact) mass is 376 g/mol. The van der Waals surface area contributed by atoms with Crippen LogP contribution in [-0.2, 0) is 6.61 Å². The fourth-order valence-corrected chi connectivity index (χ4v) is 2.51. The molecule has 28 heavy (non-hydrogen) atoms. The maximum Gasteiger partial charge on any atom is 0.275 e. The highest BCUT2D eigenvalue weighted by atomic mass is 16.5. The van der Waals surface area contributed by atoms with E-state index in [0.717, 1.165) is 11.1 Å². The predicted molar refractivity (Wildman–Crippen MR) is 107 cm³/mol. The van der Waals surface area contributed by atoms with Crippen LogP contribution >= 0.6 is 0 Å². The molecule has 0 aliphatic carbocycles. The van der Waals surface area contributed by atoms with Crippen LogP contribution in [0.2, 0.25) is 0 Å². The SMILES string of the molecule is COc1cc(/C=N/NC(=O)c2ccccc2O)ccc1OCc1ccccc1. The van der Waals surface area contributed by atoms with Crippen molar-refractivity contribution >= 4 is 12.1 Å². The third kappa shape index (κ3) is 4.88. The second kappa shape index (κ2) is 9.23. The van der Waals surface area contributed by atoms with Crippen molar-refractivity contribution in [3.05, 3.63) is 89.5 Å². The van der Waals surface area contributed by atoms with Crippen LogP contribution in [-0.4, -0.2) is 24.3 Å². The number of rotatable bonds is 7. The van der Waals surface area contributed by atoms with Gasteiger partial charge in [0, 0.05) is 0 Å². The van der Waals surface area contributed by atoms with Crippen molar-refractivity contribution in [2.75, 3.05) is 7.11 Å². The number of amides is 1. The molecule has 3 aromatic carbocycles. The summed E-state index contributed by atoms with van der Waals surface area (Å²) in [6.07, 6.45) is 1.49. The molecule has 2 N–H and O–H groups in total. The van der Waals surface area contributed by atoms with Gasteiger partial charge in [-0.25, -0.2) is 5.43 Å². The maximum atomic E-state index is 12.0. The second-order valence-electron chi connectivity index (χ2n) is 5.90. The van der Waals surface area contributed by atoms with Gasteiger partial charge in [-0.2, -0.15) is 5.10 Å². The molecule has 0 spiro atoms. The van der Waals surface area contributed by atoms with Gasteiger partial charge < -0.3 is 14.6 Å². The Balaban J connectivity index is 1.63. The lowest BCUT2D eigenvalue weighted by molar-refractivity contribution is 0.0952. The number of hydrazone groups is 1. The van der Waals surface area contributed by atoms with Crippen LogP contribution < -0.4 is 14.9 Å². The van der Waals surface area contributed by atoms with Crippen LogP contribution in [0.1, 0.15) is 21.5 Å². The van der Waals surface area contributed by atoms with Crippen molar-refractivity contribution in [1.82, 2.24) is 5.43 Å². The predicted octanol–water partition coefficient (Wildman–Crippen LogP) is 3.74. The third-order valence-corrected chi connectivity index (χ3v) is 3.95. The van der Waals surface area contributed by atoms with Gasteiger partial charge >= 0.3 is 0 Å². The molecule has 0 heterocycles. The highest BCUT2D eigenvalue weighted by Gasteiger charge is 2.09. The molecular weight excluding hydrogens is 356 g/mol. The molecule has 3 aromatic rings. The lowest BCUT2D eigenvalue weighted by Gasteiger charge is -2.11. The van der Waals surface area contributed by atoms with Gasteiger partial charge in [0.05, 0.1) is 18.9 Å². The normalized spacial score (nSPS) is 10.6. The van der Waals surface area contributed by atoms with Crippen molar-refractivity contribution in [1.29, 1.82) is 0 Å². The second-order valence-corrected chi connectivity index (χ2v) is 5.90. The summed E-state index contributed by atoms with van der Waals surface area (Å²) in [4.78, 5) is 12.0. The van der Waals surface area contributed by atoms with Gasteiger partial charge in [-0.05, 0) is 41.5 Å². The molecular formula is C22H20N2O4. The Morgan fingerprint density at radius 2 is 1.79 bits per heavy atom. The molecule has 0 aliphatic heterocycles. The van der Waals surface area contributed by atoms with Crippen molar-refractivity contribution in [3.8, 4) is 17.2 Å². The molecule has 0 aromatic heterocycles. The molecule has 0 fully saturated rings. The molecule has 0 radical (unpaired) electrons. The fourth-order valence-electron chi connectivity index (χ4n) is 2.51. The standard InChI is InChI=1S/C22H20N2O4/c1-27-21-13-17(11-12-20(21)28-15-16-7-3-2-4-8-16)14-23-24-22(26)18-9-5-6-10-19(18)25/h2-14,25H,15H2,1H3,(H,24,26)/b23-14+. The molecule has 3 rings (SSSR count). The van der Waals surface area contributed by atoms with E-state index in [0.29, 0.717) is 18.1 Å². The zero-order valence-electron chi connectivity index (χ0n) is 15.3. The molecule has 0 saturated carbocycles. The molecule has 0 saturated heterocycles. The minimum absolute atomic E-state index is 0.100. The van der Waals surface area contributed by atoms with Crippen molar-refractivity contribution in [2.45, 2.75) is 6.61 Å². The Morgan fingerprint density at radius 3 is 2.54 bits per heavy atom. The number of aromatic hydroxyl groups is 1. The van der Waals surface area contributed by atoms with Gasteiger partial charge in [0.2, 0.25) is 0 Å². The number of hydrogen-bond acceptors (Lipinski definition) is 5. The average Bonchev–Trinajstić information content (AvgIpc) is 2.73. The molecule has 6 nitrogen and oxygen atoms in total. The fraction of sp³-hybridized carbons (Fsp3) is 0.0909. The summed E-state index contributed by atoms with van der Waals surface area (Å²) in [6, 6.07) is 21.5. The van der Waals surface area contributed by atoms with Crippen LogP contribution in [0.4, 0.5) is 0 Å². The number of phenols is 1. The lowest BCUT2D eigenvalue weighted by atomic mass is 10.2. The van der Waals surface area contributed by atoms with E-state index in [1.807, 2.05) is 30.3 Å². The highest BCUT2D eigenvalue weighted by molar-refractivity contribution is 5.97. The van der Waals surface area contributed by atoms with Gasteiger partial charge in [-0.3, -0.25) is 4.79 Å². The van der Waals surface area contributed by atoms with Gasteiger partial charge in [-0.1, -0.05) is 42.5 Å². The topological polar surface area (TPSA) is 80.2 Å². The molecule has 0 aliphatic rings. The van der Waals surface area contributed by atoms with Crippen molar-refractivity contribution in [2.24, 2.45) is 5.10 Å². The van der Waals surface area contributed by atoms with Gasteiger partial charge in [-0.15, -0.1) is 0 Å². The molecule has 142 valence electrons. The lowest BCUT2D eigenvalue weighted by Crippen LogP contribution is -2.17. The van der Waals surface area contributed by atoms with Crippen molar-refractivity contribution < 1.29 is 19.4 Å². The minimum atomic E-state index is -0.496. The number of para-hydroxylation sites is 1. The van der Waals surface area contributed by atoms with E-state index in [-0.39, 0.29) is 11.3 Å². The van der Waals surface area contributed by atoms with E-state index >= 15 is 0 Å². The zero-order chi connectivity index (χ0) is 19.8. The maximum absolute atomic E-state index is 12.0. The van der Waals surface area contributed by atoms with Crippen LogP contribution in [0, 0.1) is 0 Å². The highest BCUT2D eigenvalue weighted by Crippen LogP contribution is 2.28. The number of hydrogen-bond donors (Lipinski definition) is 2. The zero-order valence-corrected chi connectivity index (χ0v) is 15.3. The number of carbonyl (C=O) groups is 1. The summed E-state index contributed by atoms with van der Waals surface area (Å²) in [5.74, 6) is 0.578. The Labute approximate surface area is 163 Å². The Bertz CT molecular complexity index is 971. The van der Waals surface area contributed by atoms with E-state index in [1.54, 1.807) is 37.4 Å². The summed E-state index contributed by atoms with van der Waals surface area (Å²) in [5, 5.41) is 13.6. The van der Waals surface area contributed by atoms with E-state index in [4.69, 9.17) is 9.47 Å². The Hall–Kier alpha value is -3.80. The first kappa shape index (κ1) is 19.0. The molecule has 0 unspecified atom stereocenters. The number of nitrogens with zero attached hydrogens (tertiary/aromatic N) is 1. The summed E-state index contributed by atoms with van der Waals surface area (Å²) >= 11 is 0. The van der Waals surface area contributed by atoms with Gasteiger partial charge in [0.15, 0.2) is 11.5 Å². The Kier molecular flexibility index (Phi) is 6.25. The molecule has 0 bridgehead atoms. The van der Waals surface area contributed by atoms with Gasteiger partial charge in [0.25, 0.3) is 5.91 Å². The van der Waals surface area contributed by atoms with Crippen LogP contribution in [0.25, 0.3) is 0 Å². The van der Waals surface area contributed by atoms with E-state index < -0.39 is 5.91 Å². The number of methoxy groups -OCH3 is 1. The van der Waals surface area contributed by atoms with Crippen molar-refractivity contribution in [3.63, 3.8) is 0 Å². The summed E-state index contributed by atoms with van der Waals surface area (Å²) in [7, 11) is 1.56. The third-order valence-electron chi connectivity index (χ3n) is 3.95. The molecule has 0 atom stereocenters. The molecule has 1 amide bonds. The summed E-state index contributed by atoms with van der Waals surface area (Å²) in [5.41, 5.74) is 4.32. The number of ether oxygens (including phenoxy) is 2. The number of nitrogens with one attached hydrogen (secondary N) is 1. The smallest absolute Gasteiger partial charge is 0.275 e. The first-order chi connectivity index (χ1) is 13.7. The largest absolute Gasteiger partial charge is 0.507 e. The first-order valence-corrected chi connectivity index (χ1v) is 8.63. The van der Waals surface area contributed by atoms with Crippen LogP contribution in [0.5, 0.6) is 17.2 Å². The summed E-state index contributed by atoms with van der Waals surface area (Å²) in [6.45, 7) is 0.432. The number of phenolic OH excluding ortho intramolecular Hbond substituents is 1. The average molecular weight is 376 g/mol. The number of benzene rings is 3. The van der Waals surface area contributed by atoms with Gasteiger partial charge in [0.1, 0.15) is 12.4 Å². The first-order valence-electron chi connectivity index (χ1n) is 8.63. The Morgan fingerprint density at radius 1 is 1.04 bits per heavy atom. The summed E-state index contributed by atoms with van der Waals surface area (Å²) < 4.78 is 11.2. The van der Waals surface area contributed by atoms with Crippen LogP contribution in [0.3, 0.4) is 0 Å². The van der Waals surface area contributed by atoms with Crippen LogP contribution in [0.15, 0.2) is 77.9 Å². The molecule has 6 heteroatoms.